The highest BCUT2D eigenvalue weighted by Gasteiger charge is 2.15. The summed E-state index contributed by atoms with van der Waals surface area (Å²) in [6.07, 6.45) is 0. The van der Waals surface area contributed by atoms with Gasteiger partial charge in [-0.3, -0.25) is 9.59 Å². The van der Waals surface area contributed by atoms with Crippen molar-refractivity contribution in [2.75, 3.05) is 18.2 Å². The lowest BCUT2D eigenvalue weighted by molar-refractivity contribution is -0.113. The van der Waals surface area contributed by atoms with Gasteiger partial charge >= 0.3 is 0 Å². The maximum Gasteiger partial charge on any atom is 0.251 e. The van der Waals surface area contributed by atoms with Crippen LogP contribution in [0.2, 0.25) is 0 Å². The summed E-state index contributed by atoms with van der Waals surface area (Å²) in [7, 11) is 1.58. The molecule has 0 atom stereocenters. The number of hydrogen-bond acceptors (Lipinski definition) is 6. The summed E-state index contributed by atoms with van der Waals surface area (Å²) in [5.74, 6) is 1.18. The number of carbonyl (C=O) groups excluding carboxylic acids is 2. The number of aromatic nitrogens is 3. The molecule has 34 heavy (non-hydrogen) atoms. The zero-order valence-corrected chi connectivity index (χ0v) is 19.8. The van der Waals surface area contributed by atoms with Crippen LogP contribution in [0.4, 0.5) is 5.69 Å². The molecular weight excluding hydrogens is 450 g/mol. The Labute approximate surface area is 201 Å². The Morgan fingerprint density at radius 1 is 1.00 bits per heavy atom. The summed E-state index contributed by atoms with van der Waals surface area (Å²) in [6, 6.07) is 20.7. The van der Waals surface area contributed by atoms with Gasteiger partial charge in [0, 0.05) is 17.8 Å². The third-order valence-corrected chi connectivity index (χ3v) is 6.20. The van der Waals surface area contributed by atoms with Crippen molar-refractivity contribution in [2.45, 2.75) is 25.2 Å². The fraction of sp³-hybridized carbons (Fsp3) is 0.200. The number of nitrogens with zero attached hydrogens (tertiary/aromatic N) is 3. The second-order valence-corrected chi connectivity index (χ2v) is 8.40. The number of nitrogens with one attached hydrogen (secondary N) is 2. The van der Waals surface area contributed by atoms with Crippen LogP contribution in [0.3, 0.4) is 0 Å². The normalized spacial score (nSPS) is 10.8. The van der Waals surface area contributed by atoms with E-state index in [1.807, 2.05) is 54.0 Å². The number of amides is 2. The third-order valence-electron chi connectivity index (χ3n) is 5.23. The summed E-state index contributed by atoms with van der Waals surface area (Å²) < 4.78 is 7.01. The predicted molar refractivity (Wildman–Crippen MR) is 133 cm³/mol. The number of carbonyl (C=O) groups is 2. The van der Waals surface area contributed by atoms with Gasteiger partial charge in [-0.1, -0.05) is 42.1 Å². The summed E-state index contributed by atoms with van der Waals surface area (Å²) in [4.78, 5) is 24.9. The van der Waals surface area contributed by atoms with Crippen LogP contribution in [0.25, 0.3) is 10.8 Å². The van der Waals surface area contributed by atoms with E-state index in [1.165, 1.54) is 11.8 Å². The van der Waals surface area contributed by atoms with Gasteiger partial charge in [0.25, 0.3) is 5.91 Å². The number of benzene rings is 3. The second kappa shape index (κ2) is 10.8. The van der Waals surface area contributed by atoms with Crippen molar-refractivity contribution in [3.63, 3.8) is 0 Å². The number of ether oxygens (including phenoxy) is 1. The monoisotopic (exact) mass is 475 g/mol. The fourth-order valence-corrected chi connectivity index (χ4v) is 4.29. The topological polar surface area (TPSA) is 98.1 Å². The molecule has 0 bridgehead atoms. The van der Waals surface area contributed by atoms with Gasteiger partial charge in [0.1, 0.15) is 5.75 Å². The van der Waals surface area contributed by atoms with Crippen LogP contribution < -0.4 is 15.4 Å². The van der Waals surface area contributed by atoms with E-state index in [2.05, 4.69) is 20.8 Å². The van der Waals surface area contributed by atoms with Gasteiger partial charge in [-0.05, 0) is 54.1 Å². The van der Waals surface area contributed by atoms with E-state index < -0.39 is 0 Å². The van der Waals surface area contributed by atoms with Crippen molar-refractivity contribution in [1.29, 1.82) is 0 Å². The fourth-order valence-electron chi connectivity index (χ4n) is 3.47. The third kappa shape index (κ3) is 5.55. The molecule has 0 fully saturated rings. The van der Waals surface area contributed by atoms with Crippen molar-refractivity contribution >= 4 is 40.0 Å². The molecule has 174 valence electrons. The molecule has 2 amide bonds. The van der Waals surface area contributed by atoms with E-state index >= 15 is 0 Å². The number of hydrogen-bond donors (Lipinski definition) is 2. The van der Waals surface area contributed by atoms with Crippen LogP contribution in [0.1, 0.15) is 23.1 Å². The Hall–Kier alpha value is -3.85. The average Bonchev–Trinajstić information content (AvgIpc) is 3.27. The zero-order chi connectivity index (χ0) is 23.9. The molecule has 0 aliphatic rings. The largest absolute Gasteiger partial charge is 0.497 e. The highest BCUT2D eigenvalue weighted by Crippen LogP contribution is 2.21. The van der Waals surface area contributed by atoms with Gasteiger partial charge in [-0.15, -0.1) is 10.2 Å². The molecule has 0 saturated carbocycles. The minimum absolute atomic E-state index is 0.125. The lowest BCUT2D eigenvalue weighted by Crippen LogP contribution is -2.24. The first-order valence-corrected chi connectivity index (χ1v) is 11.8. The molecule has 0 aliphatic heterocycles. The van der Waals surface area contributed by atoms with Crippen LogP contribution in [0, 0.1) is 0 Å². The first kappa shape index (κ1) is 23.3. The Morgan fingerprint density at radius 2 is 1.76 bits per heavy atom. The molecule has 4 rings (SSSR count). The highest BCUT2D eigenvalue weighted by molar-refractivity contribution is 7.99. The number of rotatable bonds is 9. The molecule has 8 nitrogen and oxygen atoms in total. The van der Waals surface area contributed by atoms with Gasteiger partial charge in [0.2, 0.25) is 5.91 Å². The molecule has 0 unspecified atom stereocenters. The quantitative estimate of drug-likeness (QED) is 0.354. The molecule has 0 aliphatic carbocycles. The van der Waals surface area contributed by atoms with Gasteiger partial charge in [-0.2, -0.15) is 0 Å². The molecule has 0 radical (unpaired) electrons. The van der Waals surface area contributed by atoms with Crippen molar-refractivity contribution in [2.24, 2.45) is 0 Å². The molecule has 2 N–H and O–H groups in total. The summed E-state index contributed by atoms with van der Waals surface area (Å²) in [5.41, 5.74) is 1.28. The van der Waals surface area contributed by atoms with E-state index in [-0.39, 0.29) is 24.1 Å². The molecule has 1 aromatic heterocycles. The van der Waals surface area contributed by atoms with E-state index in [0.29, 0.717) is 28.8 Å². The zero-order valence-electron chi connectivity index (χ0n) is 18.9. The number of methoxy groups -OCH3 is 1. The standard InChI is InChI=1S/C25H25N5O3S/c1-3-30-22(15-26-24(32)18-9-12-21(33-2)13-10-18)28-29-25(30)34-16-23(31)27-20-11-8-17-6-4-5-7-19(17)14-20/h4-14H,3,15-16H2,1-2H3,(H,26,32)(H,27,31). The molecule has 0 saturated heterocycles. The van der Waals surface area contributed by atoms with E-state index in [4.69, 9.17) is 4.74 Å². The van der Waals surface area contributed by atoms with Gasteiger partial charge in [0.15, 0.2) is 11.0 Å². The van der Waals surface area contributed by atoms with Crippen LogP contribution in [0.5, 0.6) is 5.75 Å². The maximum absolute atomic E-state index is 12.5. The highest BCUT2D eigenvalue weighted by atomic mass is 32.2. The minimum Gasteiger partial charge on any atom is -0.497 e. The Morgan fingerprint density at radius 3 is 2.50 bits per heavy atom. The van der Waals surface area contributed by atoms with Crippen LogP contribution in [-0.4, -0.2) is 39.4 Å². The van der Waals surface area contributed by atoms with Crippen molar-refractivity contribution in [3.8, 4) is 5.75 Å². The van der Waals surface area contributed by atoms with Crippen LogP contribution in [0.15, 0.2) is 71.9 Å². The number of thioether (sulfide) groups is 1. The van der Waals surface area contributed by atoms with Crippen LogP contribution in [-0.2, 0) is 17.9 Å². The Kier molecular flexibility index (Phi) is 7.44. The van der Waals surface area contributed by atoms with Gasteiger partial charge in [-0.25, -0.2) is 0 Å². The molecule has 0 spiro atoms. The van der Waals surface area contributed by atoms with E-state index in [1.54, 1.807) is 31.4 Å². The summed E-state index contributed by atoms with van der Waals surface area (Å²) in [5, 5.41) is 17.0. The SMILES string of the molecule is CCn1c(CNC(=O)c2ccc(OC)cc2)nnc1SCC(=O)Nc1ccc2ccccc2c1. The number of fused-ring (bicyclic) bond motifs is 1. The molecule has 4 aromatic rings. The maximum atomic E-state index is 12.5. The first-order chi connectivity index (χ1) is 16.6. The van der Waals surface area contributed by atoms with E-state index in [9.17, 15) is 9.59 Å². The van der Waals surface area contributed by atoms with E-state index in [0.717, 1.165) is 16.5 Å². The lowest BCUT2D eigenvalue weighted by Gasteiger charge is -2.09. The molecule has 1 heterocycles. The molecular formula is C25H25N5O3S. The number of anilines is 1. The average molecular weight is 476 g/mol. The van der Waals surface area contributed by atoms with Gasteiger partial charge < -0.3 is 19.9 Å². The summed E-state index contributed by atoms with van der Waals surface area (Å²) >= 11 is 1.31. The van der Waals surface area contributed by atoms with Crippen molar-refractivity contribution in [3.05, 3.63) is 78.1 Å². The Balaban J connectivity index is 1.33. The smallest absolute Gasteiger partial charge is 0.251 e. The summed E-state index contributed by atoms with van der Waals surface area (Å²) in [6.45, 7) is 2.82. The molecule has 3 aromatic carbocycles. The molecule has 9 heteroatoms. The minimum atomic E-state index is -0.211. The first-order valence-electron chi connectivity index (χ1n) is 10.8. The lowest BCUT2D eigenvalue weighted by atomic mass is 10.1. The van der Waals surface area contributed by atoms with Crippen molar-refractivity contribution < 1.29 is 14.3 Å². The van der Waals surface area contributed by atoms with Crippen molar-refractivity contribution in [1.82, 2.24) is 20.1 Å². The predicted octanol–water partition coefficient (Wildman–Crippen LogP) is 4.12. The van der Waals surface area contributed by atoms with Crippen LogP contribution >= 0.6 is 11.8 Å². The Bertz CT molecular complexity index is 1300. The second-order valence-electron chi connectivity index (χ2n) is 7.45. The van der Waals surface area contributed by atoms with Gasteiger partial charge in [0.05, 0.1) is 19.4 Å².